The van der Waals surface area contributed by atoms with Crippen molar-refractivity contribution in [2.45, 2.75) is 32.4 Å². The van der Waals surface area contributed by atoms with Gasteiger partial charge < -0.3 is 14.8 Å². The Kier molecular flexibility index (Phi) is 6.01. The summed E-state index contributed by atoms with van der Waals surface area (Å²) < 4.78 is 10.3. The van der Waals surface area contributed by atoms with Gasteiger partial charge in [-0.3, -0.25) is 4.79 Å². The van der Waals surface area contributed by atoms with Crippen LogP contribution in [0.3, 0.4) is 0 Å². The van der Waals surface area contributed by atoms with E-state index in [1.165, 1.54) is 0 Å². The fraction of sp³-hybridized carbons (Fsp3) is 0.412. The number of hydrogen-bond donors (Lipinski definition) is 1. The first-order valence-corrected chi connectivity index (χ1v) is 7.49. The maximum atomic E-state index is 11.9. The molecule has 0 saturated carbocycles. The van der Waals surface area contributed by atoms with Crippen LogP contribution >= 0.6 is 0 Å². The number of rotatable bonds is 5. The van der Waals surface area contributed by atoms with Gasteiger partial charge in [-0.1, -0.05) is 42.5 Å². The lowest BCUT2D eigenvalue weighted by atomic mass is 9.89. The third kappa shape index (κ3) is 4.62. The van der Waals surface area contributed by atoms with Crippen LogP contribution in [0.1, 0.15) is 25.3 Å². The molecule has 0 fully saturated rings. The Morgan fingerprint density at radius 3 is 2.59 bits per heavy atom. The molecule has 2 atom stereocenters. The van der Waals surface area contributed by atoms with Crippen LogP contribution in [0.2, 0.25) is 0 Å². The standard InChI is InChI=1S/C17H21NO4/c1-2-21-16(19)14-10-6-7-11-15(14)18-17(20)22-12-13-8-4-3-5-9-13/h3-9,14-15H,2,10-12H2,1H3,(H,18,20)/t14-,15+/m1/s1. The molecular formula is C17H21NO4. The van der Waals surface area contributed by atoms with Crippen molar-refractivity contribution in [3.8, 4) is 0 Å². The smallest absolute Gasteiger partial charge is 0.407 e. The summed E-state index contributed by atoms with van der Waals surface area (Å²) in [6, 6.07) is 9.17. The Labute approximate surface area is 130 Å². The molecule has 2 rings (SSSR count). The van der Waals surface area contributed by atoms with Gasteiger partial charge in [-0.25, -0.2) is 4.79 Å². The Bertz CT molecular complexity index is 527. The van der Waals surface area contributed by atoms with Gasteiger partial charge in [0.2, 0.25) is 0 Å². The van der Waals surface area contributed by atoms with Gasteiger partial charge in [0.05, 0.1) is 12.5 Å². The van der Waals surface area contributed by atoms with E-state index in [-0.39, 0.29) is 24.5 Å². The zero-order valence-corrected chi connectivity index (χ0v) is 12.7. The van der Waals surface area contributed by atoms with Crippen LogP contribution in [0.5, 0.6) is 0 Å². The van der Waals surface area contributed by atoms with Crippen LogP contribution < -0.4 is 5.32 Å². The Morgan fingerprint density at radius 2 is 1.86 bits per heavy atom. The highest BCUT2D eigenvalue weighted by molar-refractivity contribution is 5.75. The van der Waals surface area contributed by atoms with E-state index in [1.807, 2.05) is 42.5 Å². The fourth-order valence-corrected chi connectivity index (χ4v) is 2.40. The van der Waals surface area contributed by atoms with Crippen molar-refractivity contribution >= 4 is 12.1 Å². The molecule has 1 aromatic rings. The maximum absolute atomic E-state index is 11.9. The van der Waals surface area contributed by atoms with E-state index >= 15 is 0 Å². The van der Waals surface area contributed by atoms with Crippen molar-refractivity contribution < 1.29 is 19.1 Å². The number of benzene rings is 1. The summed E-state index contributed by atoms with van der Waals surface area (Å²) in [4.78, 5) is 23.8. The second-order valence-corrected chi connectivity index (χ2v) is 5.11. The minimum Gasteiger partial charge on any atom is -0.466 e. The monoisotopic (exact) mass is 303 g/mol. The second-order valence-electron chi connectivity index (χ2n) is 5.11. The molecule has 0 aliphatic heterocycles. The SMILES string of the molecule is CCOC(=O)[C@@H]1CC=CC[C@@H]1NC(=O)OCc1ccccc1. The van der Waals surface area contributed by atoms with Crippen molar-refractivity contribution in [1.29, 1.82) is 0 Å². The van der Waals surface area contributed by atoms with Gasteiger partial charge >= 0.3 is 12.1 Å². The molecule has 0 bridgehead atoms. The van der Waals surface area contributed by atoms with E-state index in [1.54, 1.807) is 6.92 Å². The molecule has 0 spiro atoms. The molecule has 0 aromatic heterocycles. The molecule has 0 heterocycles. The zero-order valence-electron chi connectivity index (χ0n) is 12.7. The van der Waals surface area contributed by atoms with Gasteiger partial charge in [-0.05, 0) is 25.3 Å². The molecule has 1 N–H and O–H groups in total. The quantitative estimate of drug-likeness (QED) is 0.671. The number of esters is 1. The van der Waals surface area contributed by atoms with E-state index in [2.05, 4.69) is 5.32 Å². The molecular weight excluding hydrogens is 282 g/mol. The van der Waals surface area contributed by atoms with Crippen molar-refractivity contribution in [2.24, 2.45) is 5.92 Å². The van der Waals surface area contributed by atoms with E-state index in [4.69, 9.17) is 9.47 Å². The summed E-state index contributed by atoms with van der Waals surface area (Å²) in [5.41, 5.74) is 0.920. The lowest BCUT2D eigenvalue weighted by Crippen LogP contribution is -2.44. The molecule has 0 unspecified atom stereocenters. The second kappa shape index (κ2) is 8.22. The van der Waals surface area contributed by atoms with Gasteiger partial charge in [0, 0.05) is 6.04 Å². The third-order valence-electron chi connectivity index (χ3n) is 3.54. The predicted molar refractivity (Wildman–Crippen MR) is 82.0 cm³/mol. The van der Waals surface area contributed by atoms with Gasteiger partial charge in [0.1, 0.15) is 6.61 Å². The zero-order chi connectivity index (χ0) is 15.8. The number of nitrogens with one attached hydrogen (secondary N) is 1. The number of ether oxygens (including phenoxy) is 2. The number of carbonyl (C=O) groups excluding carboxylic acids is 2. The molecule has 1 aliphatic carbocycles. The minimum atomic E-state index is -0.515. The predicted octanol–water partition coefficient (Wildman–Crippen LogP) is 2.81. The number of amides is 1. The largest absolute Gasteiger partial charge is 0.466 e. The molecule has 5 heteroatoms. The van der Waals surface area contributed by atoms with Crippen LogP contribution in [-0.4, -0.2) is 24.7 Å². The van der Waals surface area contributed by atoms with Crippen LogP contribution in [0.4, 0.5) is 4.79 Å². The van der Waals surface area contributed by atoms with E-state index in [0.717, 1.165) is 5.56 Å². The van der Waals surface area contributed by atoms with Crippen LogP contribution in [-0.2, 0) is 20.9 Å². The first-order valence-electron chi connectivity index (χ1n) is 7.49. The summed E-state index contributed by atoms with van der Waals surface area (Å²) in [7, 11) is 0. The Morgan fingerprint density at radius 1 is 1.14 bits per heavy atom. The summed E-state index contributed by atoms with van der Waals surface area (Å²) in [5, 5.41) is 2.77. The molecule has 22 heavy (non-hydrogen) atoms. The van der Waals surface area contributed by atoms with Crippen molar-refractivity contribution in [3.63, 3.8) is 0 Å². The van der Waals surface area contributed by atoms with E-state index in [0.29, 0.717) is 19.4 Å². The molecule has 118 valence electrons. The normalized spacial score (nSPS) is 20.2. The summed E-state index contributed by atoms with van der Waals surface area (Å²) in [5.74, 6) is -0.630. The van der Waals surface area contributed by atoms with Crippen molar-refractivity contribution in [1.82, 2.24) is 5.32 Å². The van der Waals surface area contributed by atoms with E-state index < -0.39 is 6.09 Å². The van der Waals surface area contributed by atoms with Gasteiger partial charge in [0.15, 0.2) is 0 Å². The highest BCUT2D eigenvalue weighted by atomic mass is 16.5. The molecule has 1 aromatic carbocycles. The topological polar surface area (TPSA) is 64.6 Å². The maximum Gasteiger partial charge on any atom is 0.407 e. The highest BCUT2D eigenvalue weighted by Gasteiger charge is 2.31. The highest BCUT2D eigenvalue weighted by Crippen LogP contribution is 2.21. The van der Waals surface area contributed by atoms with Gasteiger partial charge in [0.25, 0.3) is 0 Å². The lowest BCUT2D eigenvalue weighted by Gasteiger charge is -2.27. The van der Waals surface area contributed by atoms with Crippen molar-refractivity contribution in [2.75, 3.05) is 6.61 Å². The summed E-state index contributed by atoms with van der Waals surface area (Å²) >= 11 is 0. The number of alkyl carbamates (subject to hydrolysis) is 1. The summed E-state index contributed by atoms with van der Waals surface area (Å²) in [6.45, 7) is 2.32. The number of hydrogen-bond acceptors (Lipinski definition) is 4. The average molecular weight is 303 g/mol. The van der Waals surface area contributed by atoms with Gasteiger partial charge in [-0.2, -0.15) is 0 Å². The molecule has 0 radical (unpaired) electrons. The molecule has 1 amide bonds. The molecule has 5 nitrogen and oxygen atoms in total. The first kappa shape index (κ1) is 16.1. The van der Waals surface area contributed by atoms with E-state index in [9.17, 15) is 9.59 Å². The van der Waals surface area contributed by atoms with Crippen LogP contribution in [0.15, 0.2) is 42.5 Å². The van der Waals surface area contributed by atoms with Crippen molar-refractivity contribution in [3.05, 3.63) is 48.0 Å². The minimum absolute atomic E-state index is 0.208. The van der Waals surface area contributed by atoms with Crippen LogP contribution in [0, 0.1) is 5.92 Å². The first-order chi connectivity index (χ1) is 10.7. The van der Waals surface area contributed by atoms with Gasteiger partial charge in [-0.15, -0.1) is 0 Å². The summed E-state index contributed by atoms with van der Waals surface area (Å²) in [6.07, 6.45) is 4.55. The van der Waals surface area contributed by atoms with Crippen LogP contribution in [0.25, 0.3) is 0 Å². The third-order valence-corrected chi connectivity index (χ3v) is 3.54. The molecule has 1 aliphatic rings. The number of allylic oxidation sites excluding steroid dienone is 1. The Hall–Kier alpha value is -2.30. The lowest BCUT2D eigenvalue weighted by molar-refractivity contribution is -0.149. The molecule has 0 saturated heterocycles. The Balaban J connectivity index is 1.86. The fourth-order valence-electron chi connectivity index (χ4n) is 2.40. The average Bonchev–Trinajstić information content (AvgIpc) is 2.54. The number of carbonyl (C=O) groups is 2.